The Bertz CT molecular complexity index is 1310. The average molecular weight is 430 g/mol. The molecule has 0 radical (unpaired) electrons. The maximum absolute atomic E-state index is 13.2. The van der Waals surface area contributed by atoms with E-state index in [1.54, 1.807) is 30.3 Å². The summed E-state index contributed by atoms with van der Waals surface area (Å²) >= 11 is 0. The fourth-order valence-corrected chi connectivity index (χ4v) is 3.18. The Hall–Kier alpha value is -4.25. The number of nitriles is 1. The lowest BCUT2D eigenvalue weighted by Crippen LogP contribution is -2.25. The highest BCUT2D eigenvalue weighted by Gasteiger charge is 2.17. The van der Waals surface area contributed by atoms with E-state index >= 15 is 0 Å². The highest BCUT2D eigenvalue weighted by Crippen LogP contribution is 2.15. The molecule has 0 bridgehead atoms. The molecule has 3 rings (SSSR count). The molecule has 8 nitrogen and oxygen atoms in total. The number of carbonyl (C=O) groups excluding carboxylic acids is 2. The van der Waals surface area contributed by atoms with E-state index in [-0.39, 0.29) is 29.7 Å². The molecule has 1 heterocycles. The number of ketones is 1. The summed E-state index contributed by atoms with van der Waals surface area (Å²) in [5.41, 5.74) is 7.29. The van der Waals surface area contributed by atoms with Gasteiger partial charge in [-0.05, 0) is 38.1 Å². The Morgan fingerprint density at radius 2 is 1.84 bits per heavy atom. The second kappa shape index (κ2) is 9.71. The largest absolute Gasteiger partial charge is 0.457 e. The number of nitrogens with two attached hydrogens (primary N) is 1. The third-order valence-corrected chi connectivity index (χ3v) is 4.84. The van der Waals surface area contributed by atoms with Gasteiger partial charge < -0.3 is 10.5 Å². The van der Waals surface area contributed by atoms with E-state index < -0.39 is 18.4 Å². The number of ether oxygens (including phenoxy) is 1. The summed E-state index contributed by atoms with van der Waals surface area (Å²) in [6.45, 7) is 2.79. The summed E-state index contributed by atoms with van der Waals surface area (Å²) < 4.78 is 6.47. The number of allylic oxidation sites excluding steroid dienone is 1. The summed E-state index contributed by atoms with van der Waals surface area (Å²) in [6, 6.07) is 16.1. The molecular formula is C24H22N4O4. The number of hydrogen-bond acceptors (Lipinski definition) is 7. The van der Waals surface area contributed by atoms with Crippen LogP contribution in [0.3, 0.4) is 0 Å². The van der Waals surface area contributed by atoms with Crippen molar-refractivity contribution < 1.29 is 14.3 Å². The number of fused-ring (bicyclic) bond motifs is 1. The molecule has 0 fully saturated rings. The van der Waals surface area contributed by atoms with Gasteiger partial charge >= 0.3 is 5.97 Å². The first-order valence-corrected chi connectivity index (χ1v) is 9.94. The maximum Gasteiger partial charge on any atom is 0.306 e. The number of nitrogens with zero attached hydrogens (tertiary/aromatic N) is 3. The Balaban J connectivity index is 1.85. The number of carbonyl (C=O) groups is 2. The Morgan fingerprint density at radius 1 is 1.16 bits per heavy atom. The summed E-state index contributed by atoms with van der Waals surface area (Å²) in [7, 11) is 0. The van der Waals surface area contributed by atoms with Crippen LogP contribution in [0.1, 0.15) is 24.7 Å². The van der Waals surface area contributed by atoms with Crippen LogP contribution in [0.5, 0.6) is 0 Å². The van der Waals surface area contributed by atoms with E-state index in [2.05, 4.69) is 4.98 Å². The monoisotopic (exact) mass is 430 g/mol. The third kappa shape index (κ3) is 4.90. The molecule has 0 aliphatic rings. The second-order valence-corrected chi connectivity index (χ2v) is 7.27. The predicted octanol–water partition coefficient (Wildman–Crippen LogP) is 2.50. The van der Waals surface area contributed by atoms with Crippen molar-refractivity contribution in [1.29, 1.82) is 5.26 Å². The molecule has 0 saturated carbocycles. The molecule has 0 saturated heterocycles. The van der Waals surface area contributed by atoms with Gasteiger partial charge in [0.05, 0.1) is 23.0 Å². The van der Waals surface area contributed by atoms with Crippen LogP contribution < -0.4 is 11.3 Å². The van der Waals surface area contributed by atoms with Crippen LogP contribution in [0.4, 0.5) is 0 Å². The molecule has 0 amide bonds. The van der Waals surface area contributed by atoms with Crippen molar-refractivity contribution >= 4 is 22.7 Å². The standard InChI is InChI=1S/C24H22N4O4/c1-15-7-9-17(10-8-15)28-22(27-20-6-4-3-5-18(20)24(28)31)11-12-23(30)32-14-21(29)19(13-25)16(2)26/h3-10H,11-12,14,26H2,1-2H3. The topological polar surface area (TPSA) is 128 Å². The number of Topliss-reactive ketones (excluding diaryl/α,β-unsaturated/α-hetero) is 1. The molecule has 32 heavy (non-hydrogen) atoms. The third-order valence-electron chi connectivity index (χ3n) is 4.84. The van der Waals surface area contributed by atoms with Crippen molar-refractivity contribution in [3.63, 3.8) is 0 Å². The predicted molar refractivity (Wildman–Crippen MR) is 119 cm³/mol. The minimum Gasteiger partial charge on any atom is -0.457 e. The van der Waals surface area contributed by atoms with Crippen molar-refractivity contribution in [3.8, 4) is 11.8 Å². The van der Waals surface area contributed by atoms with Crippen molar-refractivity contribution in [2.75, 3.05) is 6.61 Å². The number of hydrogen-bond donors (Lipinski definition) is 1. The van der Waals surface area contributed by atoms with E-state index in [0.29, 0.717) is 22.4 Å². The first kappa shape index (κ1) is 22.4. The summed E-state index contributed by atoms with van der Waals surface area (Å²) in [4.78, 5) is 41.9. The molecule has 162 valence electrons. The lowest BCUT2D eigenvalue weighted by Gasteiger charge is -2.14. The zero-order valence-electron chi connectivity index (χ0n) is 17.8. The normalized spacial score (nSPS) is 11.5. The van der Waals surface area contributed by atoms with Gasteiger partial charge in [0.1, 0.15) is 17.5 Å². The van der Waals surface area contributed by atoms with Crippen LogP contribution >= 0.6 is 0 Å². The van der Waals surface area contributed by atoms with Crippen molar-refractivity contribution in [2.45, 2.75) is 26.7 Å². The number of rotatable bonds is 7. The highest BCUT2D eigenvalue weighted by atomic mass is 16.5. The van der Waals surface area contributed by atoms with Crippen LogP contribution in [-0.2, 0) is 20.7 Å². The average Bonchev–Trinajstić information content (AvgIpc) is 2.77. The second-order valence-electron chi connectivity index (χ2n) is 7.27. The van der Waals surface area contributed by atoms with Crippen LogP contribution in [0.15, 0.2) is 64.6 Å². The van der Waals surface area contributed by atoms with Gasteiger partial charge in [0.2, 0.25) is 5.78 Å². The van der Waals surface area contributed by atoms with Crippen molar-refractivity contribution in [2.24, 2.45) is 5.73 Å². The molecule has 1 aromatic heterocycles. The van der Waals surface area contributed by atoms with Crippen molar-refractivity contribution in [3.05, 3.63) is 81.5 Å². The first-order valence-electron chi connectivity index (χ1n) is 9.94. The van der Waals surface area contributed by atoms with Gasteiger partial charge in [0.25, 0.3) is 5.56 Å². The molecule has 0 spiro atoms. The summed E-state index contributed by atoms with van der Waals surface area (Å²) in [5.74, 6) is -0.916. The van der Waals surface area contributed by atoms with E-state index in [9.17, 15) is 14.4 Å². The van der Waals surface area contributed by atoms with Gasteiger partial charge in [0.15, 0.2) is 6.61 Å². The Kier molecular flexibility index (Phi) is 6.80. The number of para-hydroxylation sites is 1. The highest BCUT2D eigenvalue weighted by molar-refractivity contribution is 6.01. The van der Waals surface area contributed by atoms with E-state index in [0.717, 1.165) is 5.56 Å². The summed E-state index contributed by atoms with van der Waals surface area (Å²) in [5, 5.41) is 9.43. The van der Waals surface area contributed by atoms with Gasteiger partial charge in [-0.25, -0.2) is 4.98 Å². The van der Waals surface area contributed by atoms with Crippen LogP contribution in [0.2, 0.25) is 0 Å². The zero-order chi connectivity index (χ0) is 23.3. The molecule has 0 aliphatic heterocycles. The first-order chi connectivity index (χ1) is 15.3. The molecule has 0 atom stereocenters. The number of esters is 1. The lowest BCUT2D eigenvalue weighted by molar-refractivity contribution is -0.147. The number of aromatic nitrogens is 2. The van der Waals surface area contributed by atoms with Gasteiger partial charge in [0, 0.05) is 12.1 Å². The molecular weight excluding hydrogens is 408 g/mol. The number of benzene rings is 2. The van der Waals surface area contributed by atoms with Gasteiger partial charge in [-0.1, -0.05) is 29.8 Å². The molecule has 8 heteroatoms. The molecule has 2 N–H and O–H groups in total. The Morgan fingerprint density at radius 3 is 2.50 bits per heavy atom. The molecule has 0 unspecified atom stereocenters. The minimum atomic E-state index is -0.666. The van der Waals surface area contributed by atoms with E-state index in [4.69, 9.17) is 15.7 Å². The van der Waals surface area contributed by atoms with Crippen LogP contribution in [-0.4, -0.2) is 27.9 Å². The van der Waals surface area contributed by atoms with Crippen LogP contribution in [0.25, 0.3) is 16.6 Å². The Labute approximate surface area is 184 Å². The van der Waals surface area contributed by atoms with Gasteiger partial charge in [-0.3, -0.25) is 19.0 Å². The summed E-state index contributed by atoms with van der Waals surface area (Å²) in [6.07, 6.45) is 0.0228. The minimum absolute atomic E-state index is 0.0658. The zero-order valence-corrected chi connectivity index (χ0v) is 17.8. The lowest BCUT2D eigenvalue weighted by atomic mass is 10.1. The van der Waals surface area contributed by atoms with Gasteiger partial charge in [-0.15, -0.1) is 0 Å². The fourth-order valence-electron chi connectivity index (χ4n) is 3.18. The molecule has 2 aromatic carbocycles. The molecule has 0 aliphatic carbocycles. The van der Waals surface area contributed by atoms with E-state index in [1.807, 2.05) is 31.2 Å². The van der Waals surface area contributed by atoms with Crippen molar-refractivity contribution in [1.82, 2.24) is 9.55 Å². The fraction of sp³-hybridized carbons (Fsp3) is 0.208. The quantitative estimate of drug-likeness (QED) is 0.346. The van der Waals surface area contributed by atoms with Gasteiger partial charge in [-0.2, -0.15) is 5.26 Å². The van der Waals surface area contributed by atoms with Crippen LogP contribution in [0, 0.1) is 18.3 Å². The maximum atomic E-state index is 13.2. The van der Waals surface area contributed by atoms with E-state index in [1.165, 1.54) is 11.5 Å². The molecule has 3 aromatic rings. The number of aryl methyl sites for hydroxylation is 2. The SMILES string of the molecule is CC(N)=C(C#N)C(=O)COC(=O)CCc1nc2ccccc2c(=O)n1-c1ccc(C)cc1. The smallest absolute Gasteiger partial charge is 0.306 e.